The minimum atomic E-state index is -0.379. The van der Waals surface area contributed by atoms with Crippen LogP contribution in [0.4, 0.5) is 5.69 Å². The second kappa shape index (κ2) is 7.27. The predicted molar refractivity (Wildman–Crippen MR) is 96.0 cm³/mol. The third-order valence-electron chi connectivity index (χ3n) is 3.74. The van der Waals surface area contributed by atoms with Gasteiger partial charge in [0.15, 0.2) is 4.96 Å². The minimum absolute atomic E-state index is 0.0716. The van der Waals surface area contributed by atoms with Crippen LogP contribution in [-0.2, 0) is 0 Å². The van der Waals surface area contributed by atoms with Crippen molar-refractivity contribution in [1.29, 1.82) is 0 Å². The molecule has 2 heterocycles. The van der Waals surface area contributed by atoms with E-state index in [-0.39, 0.29) is 17.0 Å². The zero-order valence-corrected chi connectivity index (χ0v) is 14.1. The molecule has 6 nitrogen and oxygen atoms in total. The number of amides is 1. The fraction of sp³-hybridized carbons (Fsp3) is 0.235. The van der Waals surface area contributed by atoms with Crippen molar-refractivity contribution in [3.63, 3.8) is 0 Å². The van der Waals surface area contributed by atoms with Gasteiger partial charge in [0.1, 0.15) is 5.56 Å². The van der Waals surface area contributed by atoms with Gasteiger partial charge in [0.2, 0.25) is 0 Å². The molecule has 124 valence electrons. The summed E-state index contributed by atoms with van der Waals surface area (Å²) >= 11 is 1.36. The van der Waals surface area contributed by atoms with Gasteiger partial charge >= 0.3 is 0 Å². The number of hydrogen-bond donors (Lipinski definition) is 1. The number of benzene rings is 1. The molecular formula is C17H18N4O2S. The second-order valence-electron chi connectivity index (χ2n) is 5.40. The number of hydrogen-bond acceptors (Lipinski definition) is 5. The quantitative estimate of drug-likeness (QED) is 0.696. The van der Waals surface area contributed by atoms with Crippen LogP contribution >= 0.6 is 11.3 Å². The molecule has 0 atom stereocenters. The number of anilines is 1. The Hall–Kier alpha value is -2.67. The number of thiazole rings is 1. The Bertz CT molecular complexity index is 888. The summed E-state index contributed by atoms with van der Waals surface area (Å²) in [5.41, 5.74) is 0.872. The lowest BCUT2D eigenvalue weighted by atomic mass is 10.2. The second-order valence-corrected chi connectivity index (χ2v) is 6.27. The highest BCUT2D eigenvalue weighted by molar-refractivity contribution is 7.15. The molecule has 3 rings (SSSR count). The highest BCUT2D eigenvalue weighted by Crippen LogP contribution is 2.10. The first-order valence-corrected chi connectivity index (χ1v) is 8.54. The van der Waals surface area contributed by atoms with E-state index in [1.54, 1.807) is 11.6 Å². The van der Waals surface area contributed by atoms with Crippen LogP contribution in [0.15, 0.2) is 52.9 Å². The molecule has 0 aliphatic rings. The van der Waals surface area contributed by atoms with E-state index < -0.39 is 0 Å². The Labute approximate surface area is 143 Å². The van der Waals surface area contributed by atoms with E-state index in [1.165, 1.54) is 21.9 Å². The normalized spacial score (nSPS) is 10.7. The van der Waals surface area contributed by atoms with Crippen molar-refractivity contribution in [1.82, 2.24) is 14.7 Å². The van der Waals surface area contributed by atoms with Gasteiger partial charge in [-0.15, -0.1) is 11.3 Å². The van der Waals surface area contributed by atoms with E-state index in [1.807, 2.05) is 37.4 Å². The Morgan fingerprint density at radius 3 is 2.92 bits per heavy atom. The first-order chi connectivity index (χ1) is 11.7. The first kappa shape index (κ1) is 16.2. The number of nitrogens with one attached hydrogen (secondary N) is 1. The summed E-state index contributed by atoms with van der Waals surface area (Å²) in [7, 11) is 2.01. The summed E-state index contributed by atoms with van der Waals surface area (Å²) in [6.07, 6.45) is 3.76. The van der Waals surface area contributed by atoms with Crippen molar-refractivity contribution in [2.75, 3.05) is 25.0 Å². The van der Waals surface area contributed by atoms with Crippen LogP contribution in [0.25, 0.3) is 4.96 Å². The van der Waals surface area contributed by atoms with Gasteiger partial charge in [-0.1, -0.05) is 18.2 Å². The summed E-state index contributed by atoms with van der Waals surface area (Å²) in [4.78, 5) is 31.2. The fourth-order valence-electron chi connectivity index (χ4n) is 2.41. The van der Waals surface area contributed by atoms with Crippen molar-refractivity contribution in [2.24, 2.45) is 0 Å². The zero-order valence-electron chi connectivity index (χ0n) is 13.3. The van der Waals surface area contributed by atoms with Crippen molar-refractivity contribution in [3.05, 3.63) is 64.0 Å². The summed E-state index contributed by atoms with van der Waals surface area (Å²) < 4.78 is 1.39. The lowest BCUT2D eigenvalue weighted by Crippen LogP contribution is -2.33. The molecular weight excluding hydrogens is 324 g/mol. The molecule has 0 aliphatic carbocycles. The lowest BCUT2D eigenvalue weighted by molar-refractivity contribution is 0.0951. The third-order valence-corrected chi connectivity index (χ3v) is 4.51. The molecule has 0 spiro atoms. The van der Waals surface area contributed by atoms with Crippen LogP contribution in [0, 0.1) is 0 Å². The third kappa shape index (κ3) is 3.46. The van der Waals surface area contributed by atoms with Gasteiger partial charge < -0.3 is 10.2 Å². The average Bonchev–Trinajstić information content (AvgIpc) is 3.09. The molecule has 7 heteroatoms. The van der Waals surface area contributed by atoms with Gasteiger partial charge in [-0.05, 0) is 18.6 Å². The molecule has 0 radical (unpaired) electrons. The van der Waals surface area contributed by atoms with Crippen molar-refractivity contribution in [3.8, 4) is 0 Å². The molecule has 0 aliphatic heterocycles. The number of nitrogens with zero attached hydrogens (tertiary/aromatic N) is 3. The van der Waals surface area contributed by atoms with Crippen molar-refractivity contribution < 1.29 is 4.79 Å². The molecule has 24 heavy (non-hydrogen) atoms. The summed E-state index contributed by atoms with van der Waals surface area (Å²) in [6.45, 7) is 1.31. The van der Waals surface area contributed by atoms with Crippen LogP contribution in [0.3, 0.4) is 0 Å². The maximum atomic E-state index is 12.2. The molecule has 1 aromatic carbocycles. The zero-order chi connectivity index (χ0) is 16.9. The van der Waals surface area contributed by atoms with E-state index in [4.69, 9.17) is 0 Å². The molecule has 0 unspecified atom stereocenters. The highest BCUT2D eigenvalue weighted by atomic mass is 32.1. The van der Waals surface area contributed by atoms with Gasteiger partial charge in [0.05, 0.1) is 0 Å². The molecule has 0 saturated heterocycles. The fourth-order valence-corrected chi connectivity index (χ4v) is 3.08. The van der Waals surface area contributed by atoms with E-state index in [2.05, 4.69) is 15.2 Å². The minimum Gasteiger partial charge on any atom is -0.375 e. The van der Waals surface area contributed by atoms with Gasteiger partial charge in [-0.25, -0.2) is 4.98 Å². The van der Waals surface area contributed by atoms with E-state index in [0.29, 0.717) is 11.5 Å². The van der Waals surface area contributed by atoms with E-state index in [0.717, 1.165) is 18.7 Å². The number of carbonyl (C=O) groups excluding carboxylic acids is 1. The standard InChI is InChI=1S/C17H18N4O2S/c1-20(13-6-3-2-4-7-13)9-5-8-18-15(22)14-12-19-17-21(16(14)23)10-11-24-17/h2-4,6-7,10-12H,5,8-9H2,1H3,(H,18,22). The van der Waals surface area contributed by atoms with E-state index >= 15 is 0 Å². The molecule has 1 N–H and O–H groups in total. The van der Waals surface area contributed by atoms with Gasteiger partial charge in [0.25, 0.3) is 11.5 Å². The molecule has 0 bridgehead atoms. The summed E-state index contributed by atoms with van der Waals surface area (Å²) in [6, 6.07) is 10.1. The van der Waals surface area contributed by atoms with Crippen LogP contribution < -0.4 is 15.8 Å². The number of aromatic nitrogens is 2. The largest absolute Gasteiger partial charge is 0.375 e. The maximum absolute atomic E-state index is 12.2. The molecule has 0 fully saturated rings. The topological polar surface area (TPSA) is 66.7 Å². The van der Waals surface area contributed by atoms with Crippen LogP contribution in [0.5, 0.6) is 0 Å². The smallest absolute Gasteiger partial charge is 0.271 e. The van der Waals surface area contributed by atoms with Gasteiger partial charge in [-0.2, -0.15) is 0 Å². The molecule has 3 aromatic rings. The SMILES string of the molecule is CN(CCCNC(=O)c1cnc2sccn2c1=O)c1ccccc1. The van der Waals surface area contributed by atoms with Gasteiger partial charge in [0, 0.05) is 43.6 Å². The molecule has 1 amide bonds. The van der Waals surface area contributed by atoms with Crippen LogP contribution in [0.1, 0.15) is 16.8 Å². The van der Waals surface area contributed by atoms with Gasteiger partial charge in [-0.3, -0.25) is 14.0 Å². The highest BCUT2D eigenvalue weighted by Gasteiger charge is 2.13. The number of rotatable bonds is 6. The number of fused-ring (bicyclic) bond motifs is 1. The Kier molecular flexibility index (Phi) is 4.90. The average molecular weight is 342 g/mol. The Balaban J connectivity index is 1.54. The Morgan fingerprint density at radius 2 is 2.12 bits per heavy atom. The number of carbonyl (C=O) groups is 1. The monoisotopic (exact) mass is 342 g/mol. The van der Waals surface area contributed by atoms with E-state index in [9.17, 15) is 9.59 Å². The predicted octanol–water partition coefficient (Wildman–Crippen LogP) is 2.01. The molecule has 0 saturated carbocycles. The molecule has 2 aromatic heterocycles. The Morgan fingerprint density at radius 1 is 1.33 bits per heavy atom. The number of para-hydroxylation sites is 1. The summed E-state index contributed by atoms with van der Waals surface area (Å²) in [5.74, 6) is -0.379. The van der Waals surface area contributed by atoms with Crippen LogP contribution in [-0.4, -0.2) is 35.4 Å². The first-order valence-electron chi connectivity index (χ1n) is 7.66. The van der Waals surface area contributed by atoms with Crippen molar-refractivity contribution in [2.45, 2.75) is 6.42 Å². The van der Waals surface area contributed by atoms with Crippen molar-refractivity contribution >= 4 is 27.9 Å². The summed E-state index contributed by atoms with van der Waals surface area (Å²) in [5, 5.41) is 4.56. The maximum Gasteiger partial charge on any atom is 0.271 e. The van der Waals surface area contributed by atoms with Crippen LogP contribution in [0.2, 0.25) is 0 Å². The lowest BCUT2D eigenvalue weighted by Gasteiger charge is -2.19.